The third kappa shape index (κ3) is 7.16. The van der Waals surface area contributed by atoms with Crippen molar-refractivity contribution < 1.29 is 0 Å². The maximum absolute atomic E-state index is 9.24. The summed E-state index contributed by atoms with van der Waals surface area (Å²) in [6.07, 6.45) is 0. The Morgan fingerprint density at radius 2 is 0.851 bits per heavy atom. The normalized spacial score (nSPS) is 14.9. The fourth-order valence-corrected chi connectivity index (χ4v) is 5.24. The van der Waals surface area contributed by atoms with Crippen molar-refractivity contribution in [2.45, 2.75) is 52.4 Å². The summed E-state index contributed by atoms with van der Waals surface area (Å²) in [5.41, 5.74) is 7.73. The molecular weight excluding hydrogens is 578 g/mol. The number of aliphatic imine (C=N–C) groups is 2. The van der Waals surface area contributed by atoms with Crippen LogP contribution in [-0.4, -0.2) is 23.3 Å². The zero-order chi connectivity index (χ0) is 33.9. The van der Waals surface area contributed by atoms with Crippen LogP contribution in [0.2, 0.25) is 0 Å². The Labute approximate surface area is 276 Å². The average molecular weight is 616 g/mol. The second-order valence-electron chi connectivity index (χ2n) is 13.5. The van der Waals surface area contributed by atoms with E-state index in [0.29, 0.717) is 33.9 Å². The first-order valence-electron chi connectivity index (χ1n) is 15.4. The Bertz CT molecular complexity index is 1870. The van der Waals surface area contributed by atoms with Crippen molar-refractivity contribution in [1.82, 2.24) is 5.32 Å². The molecule has 0 aliphatic carbocycles. The number of hydrogen-bond acceptors (Lipinski definition) is 4. The van der Waals surface area contributed by atoms with Crippen molar-refractivity contribution in [1.29, 1.82) is 21.3 Å². The molecule has 0 radical (unpaired) electrons. The maximum atomic E-state index is 9.24. The summed E-state index contributed by atoms with van der Waals surface area (Å²) in [6.45, 7) is 13.0. The van der Waals surface area contributed by atoms with E-state index in [2.05, 4.69) is 108 Å². The van der Waals surface area contributed by atoms with Gasteiger partial charge in [0.25, 0.3) is 0 Å². The molecule has 1 aliphatic heterocycles. The minimum absolute atomic E-state index is 0.0200. The lowest BCUT2D eigenvalue weighted by atomic mass is 9.84. The summed E-state index contributed by atoms with van der Waals surface area (Å²) >= 11 is 0. The second kappa shape index (κ2) is 12.8. The van der Waals surface area contributed by atoms with Crippen LogP contribution in [-0.2, 0) is 10.8 Å². The molecule has 0 bridgehead atoms. The summed E-state index contributed by atoms with van der Waals surface area (Å²) in [5.74, 6) is 0.909. The molecule has 4 aromatic rings. The number of nitrogens with zero attached hydrogens (tertiary/aromatic N) is 4. The van der Waals surface area contributed by atoms with E-state index in [4.69, 9.17) is 20.8 Å². The zero-order valence-corrected chi connectivity index (χ0v) is 27.5. The Hall–Kier alpha value is -5.92. The molecule has 7 heteroatoms. The molecule has 232 valence electrons. The summed E-state index contributed by atoms with van der Waals surface area (Å²) in [7, 11) is 0. The van der Waals surface area contributed by atoms with Gasteiger partial charge in [-0.1, -0.05) is 90.1 Å². The molecular formula is C40H37N7. The van der Waals surface area contributed by atoms with E-state index in [-0.39, 0.29) is 22.5 Å². The number of amidine groups is 4. The molecule has 1 aliphatic rings. The van der Waals surface area contributed by atoms with Crippen LogP contribution in [0.1, 0.15) is 86.1 Å². The highest BCUT2D eigenvalue weighted by Gasteiger charge is 2.31. The van der Waals surface area contributed by atoms with E-state index in [0.717, 1.165) is 22.3 Å². The van der Waals surface area contributed by atoms with E-state index < -0.39 is 0 Å². The molecule has 0 atom stereocenters. The average Bonchev–Trinajstić information content (AvgIpc) is 3.40. The van der Waals surface area contributed by atoms with Crippen molar-refractivity contribution in [3.05, 3.63) is 142 Å². The maximum Gasteiger partial charge on any atom is 0.154 e. The largest absolute Gasteiger partial charge is 0.324 e. The van der Waals surface area contributed by atoms with E-state index >= 15 is 0 Å². The van der Waals surface area contributed by atoms with Gasteiger partial charge in [0.2, 0.25) is 0 Å². The van der Waals surface area contributed by atoms with Gasteiger partial charge >= 0.3 is 0 Å². The third-order valence-electron chi connectivity index (χ3n) is 8.06. The Morgan fingerprint density at radius 3 is 1.13 bits per heavy atom. The van der Waals surface area contributed by atoms with E-state index in [1.165, 1.54) is 11.1 Å². The Balaban J connectivity index is 1.73. The van der Waals surface area contributed by atoms with Gasteiger partial charge in [0, 0.05) is 22.3 Å². The van der Waals surface area contributed by atoms with Crippen molar-refractivity contribution in [2.24, 2.45) is 9.98 Å². The predicted octanol–water partition coefficient (Wildman–Crippen LogP) is 8.39. The van der Waals surface area contributed by atoms with Crippen LogP contribution >= 0.6 is 0 Å². The highest BCUT2D eigenvalue weighted by molar-refractivity contribution is 6.53. The van der Waals surface area contributed by atoms with Gasteiger partial charge < -0.3 is 5.32 Å². The first-order valence-corrected chi connectivity index (χ1v) is 15.4. The molecule has 0 aromatic heterocycles. The molecule has 0 fully saturated rings. The molecule has 0 amide bonds. The number of nitrogens with one attached hydrogen (secondary N) is 3. The van der Waals surface area contributed by atoms with Gasteiger partial charge in [-0.25, -0.2) is 9.98 Å². The monoisotopic (exact) mass is 615 g/mol. The van der Waals surface area contributed by atoms with E-state index in [1.54, 1.807) is 48.5 Å². The minimum atomic E-state index is -0.0378. The van der Waals surface area contributed by atoms with Crippen LogP contribution in [0.3, 0.4) is 0 Å². The molecule has 3 N–H and O–H groups in total. The van der Waals surface area contributed by atoms with Gasteiger partial charge in [0.1, 0.15) is 11.7 Å². The van der Waals surface area contributed by atoms with Crippen molar-refractivity contribution >= 4 is 34.5 Å². The van der Waals surface area contributed by atoms with Crippen LogP contribution in [0.15, 0.2) is 107 Å². The lowest BCUT2D eigenvalue weighted by molar-refractivity contribution is 0.590. The lowest BCUT2D eigenvalue weighted by Crippen LogP contribution is -2.26. The second-order valence-corrected chi connectivity index (χ2v) is 13.5. The predicted molar refractivity (Wildman–Crippen MR) is 191 cm³/mol. The van der Waals surface area contributed by atoms with Crippen LogP contribution in [0, 0.1) is 33.5 Å². The highest BCUT2D eigenvalue weighted by Crippen LogP contribution is 2.35. The van der Waals surface area contributed by atoms with Gasteiger partial charge in [-0.3, -0.25) is 10.8 Å². The minimum Gasteiger partial charge on any atom is -0.324 e. The first kappa shape index (κ1) is 32.5. The lowest BCUT2D eigenvalue weighted by Gasteiger charge is -2.20. The fourth-order valence-electron chi connectivity index (χ4n) is 5.24. The molecule has 0 unspecified atom stereocenters. The molecule has 0 saturated carbocycles. The first-order chi connectivity index (χ1) is 22.3. The van der Waals surface area contributed by atoms with Gasteiger partial charge in [-0.2, -0.15) is 10.5 Å². The molecule has 1 heterocycles. The third-order valence-corrected chi connectivity index (χ3v) is 8.06. The molecule has 0 spiro atoms. The van der Waals surface area contributed by atoms with Crippen LogP contribution in [0.25, 0.3) is 11.1 Å². The van der Waals surface area contributed by atoms with Gasteiger partial charge in [0.15, 0.2) is 11.7 Å². The van der Waals surface area contributed by atoms with Crippen LogP contribution in [0.5, 0.6) is 0 Å². The number of benzene rings is 4. The van der Waals surface area contributed by atoms with Gasteiger partial charge in [0.05, 0.1) is 23.3 Å². The Morgan fingerprint density at radius 1 is 0.532 bits per heavy atom. The Kier molecular flexibility index (Phi) is 8.86. The SMILES string of the molecule is CC(C)(C)c1ccc(C2=C(c3ccc(C(C)(C)C)cc3)C(=NC(=N)c3ccc(C#N)cc3)NC2=NC(=N)c2ccc(C#N)cc2)cc1. The number of nitriles is 2. The summed E-state index contributed by atoms with van der Waals surface area (Å²) in [5, 5.41) is 39.6. The van der Waals surface area contributed by atoms with Crippen LogP contribution < -0.4 is 5.32 Å². The smallest absolute Gasteiger partial charge is 0.154 e. The van der Waals surface area contributed by atoms with E-state index in [9.17, 15) is 10.5 Å². The number of rotatable bonds is 4. The highest BCUT2D eigenvalue weighted by atomic mass is 15.1. The standard InChI is InChI=1S/C40H37N7/c1-39(2,3)31-19-15-27(16-20-31)33-34(28-17-21-32(22-18-28)40(4,5)6)38(46-36(44)30-13-9-26(24-42)10-14-30)47-37(33)45-35(43)29-11-7-25(23-41)8-12-29/h7-22H,1-6H3,(H3,43,44,45,46,47). The molecule has 4 aromatic carbocycles. The van der Waals surface area contributed by atoms with Crippen molar-refractivity contribution in [3.8, 4) is 12.1 Å². The quantitative estimate of drug-likeness (QED) is 0.157. The molecule has 47 heavy (non-hydrogen) atoms. The zero-order valence-electron chi connectivity index (χ0n) is 27.5. The van der Waals surface area contributed by atoms with Crippen molar-refractivity contribution in [2.75, 3.05) is 0 Å². The van der Waals surface area contributed by atoms with Gasteiger partial charge in [-0.05, 0) is 81.6 Å². The van der Waals surface area contributed by atoms with Crippen LogP contribution in [0.4, 0.5) is 0 Å². The summed E-state index contributed by atoms with van der Waals surface area (Å²) in [6, 6.07) is 34.5. The molecule has 7 nitrogen and oxygen atoms in total. The molecule has 0 saturated heterocycles. The molecule has 5 rings (SSSR count). The number of hydrogen-bond donors (Lipinski definition) is 3. The summed E-state index contributed by atoms with van der Waals surface area (Å²) in [4.78, 5) is 9.55. The van der Waals surface area contributed by atoms with Crippen molar-refractivity contribution in [3.63, 3.8) is 0 Å². The topological polar surface area (TPSA) is 132 Å². The fraction of sp³-hybridized carbons (Fsp3) is 0.200. The van der Waals surface area contributed by atoms with E-state index in [1.807, 2.05) is 0 Å². The summed E-state index contributed by atoms with van der Waals surface area (Å²) < 4.78 is 0. The van der Waals surface area contributed by atoms with Gasteiger partial charge in [-0.15, -0.1) is 0 Å².